The van der Waals surface area contributed by atoms with Crippen molar-refractivity contribution in [3.63, 3.8) is 0 Å². The molecule has 0 saturated carbocycles. The number of aromatic nitrogens is 4. The summed E-state index contributed by atoms with van der Waals surface area (Å²) in [5.41, 5.74) is 8.78. The molecule has 0 aliphatic heterocycles. The topological polar surface area (TPSA) is 61.7 Å². The summed E-state index contributed by atoms with van der Waals surface area (Å²) in [5.74, 6) is 0. The van der Waals surface area contributed by atoms with Crippen molar-refractivity contribution in [3.8, 4) is 0 Å². The first-order chi connectivity index (χ1) is 8.78. The molecule has 3 aromatic rings. The van der Waals surface area contributed by atoms with Gasteiger partial charge in [-0.1, -0.05) is 18.2 Å². The highest BCUT2D eigenvalue weighted by atomic mass is 15.3. The van der Waals surface area contributed by atoms with E-state index >= 15 is 0 Å². The molecule has 0 aliphatic rings. The van der Waals surface area contributed by atoms with Crippen molar-refractivity contribution < 1.29 is 0 Å². The summed E-state index contributed by atoms with van der Waals surface area (Å²) in [4.78, 5) is 0. The highest BCUT2D eigenvalue weighted by Crippen LogP contribution is 2.18. The number of aryl methyl sites for hydroxylation is 1. The Hall–Kier alpha value is -2.14. The molecule has 0 saturated heterocycles. The lowest BCUT2D eigenvalue weighted by Crippen LogP contribution is -2.02. The number of rotatable bonds is 3. The maximum absolute atomic E-state index is 5.58. The molecule has 5 heteroatoms. The molecule has 0 aliphatic carbocycles. The van der Waals surface area contributed by atoms with Gasteiger partial charge in [0.05, 0.1) is 24.0 Å². The average Bonchev–Trinajstić information content (AvgIpc) is 2.97. The number of nitrogens with zero attached hydrogens (tertiary/aromatic N) is 4. The minimum Gasteiger partial charge on any atom is -0.326 e. The first-order valence-corrected chi connectivity index (χ1v) is 5.90. The summed E-state index contributed by atoms with van der Waals surface area (Å²) in [5, 5.41) is 10.0. The van der Waals surface area contributed by atoms with Gasteiger partial charge in [-0.25, -0.2) is 0 Å². The second kappa shape index (κ2) is 4.27. The number of hydrogen-bond acceptors (Lipinski definition) is 3. The van der Waals surface area contributed by atoms with Gasteiger partial charge in [0.15, 0.2) is 0 Å². The molecule has 3 rings (SSSR count). The smallest absolute Gasteiger partial charge is 0.0918 e. The Balaban J connectivity index is 1.99. The van der Waals surface area contributed by atoms with Crippen LogP contribution in [-0.4, -0.2) is 19.6 Å². The van der Waals surface area contributed by atoms with E-state index in [9.17, 15) is 0 Å². The largest absolute Gasteiger partial charge is 0.326 e. The van der Waals surface area contributed by atoms with E-state index in [1.54, 1.807) is 6.20 Å². The van der Waals surface area contributed by atoms with Crippen LogP contribution >= 0.6 is 0 Å². The van der Waals surface area contributed by atoms with E-state index in [1.165, 1.54) is 5.39 Å². The van der Waals surface area contributed by atoms with E-state index in [-0.39, 0.29) is 0 Å². The van der Waals surface area contributed by atoms with Crippen LogP contribution in [0.2, 0.25) is 0 Å². The minimum absolute atomic E-state index is 0.517. The van der Waals surface area contributed by atoms with Gasteiger partial charge in [-0.3, -0.25) is 9.36 Å². The highest BCUT2D eigenvalue weighted by Gasteiger charge is 2.08. The molecule has 0 spiro atoms. The summed E-state index contributed by atoms with van der Waals surface area (Å²) in [6.07, 6.45) is 3.76. The van der Waals surface area contributed by atoms with Crippen LogP contribution in [0, 0.1) is 0 Å². The zero-order chi connectivity index (χ0) is 12.5. The van der Waals surface area contributed by atoms with Gasteiger partial charge in [0, 0.05) is 30.7 Å². The fraction of sp³-hybridized carbons (Fsp3) is 0.231. The lowest BCUT2D eigenvalue weighted by molar-refractivity contribution is 0.655. The third-order valence-corrected chi connectivity index (χ3v) is 3.07. The van der Waals surface area contributed by atoms with Crippen LogP contribution in [0.25, 0.3) is 10.9 Å². The fourth-order valence-electron chi connectivity index (χ4n) is 2.16. The SMILES string of the molecule is Cn1nc(Cn2cc(CN)cn2)c2ccccc21. The minimum atomic E-state index is 0.517. The van der Waals surface area contributed by atoms with Gasteiger partial charge in [0.1, 0.15) is 0 Å². The van der Waals surface area contributed by atoms with Crippen LogP contribution in [0.4, 0.5) is 0 Å². The second-order valence-corrected chi connectivity index (χ2v) is 4.34. The Kier molecular flexibility index (Phi) is 2.60. The first kappa shape index (κ1) is 11.0. The monoisotopic (exact) mass is 241 g/mol. The van der Waals surface area contributed by atoms with Crippen LogP contribution in [0.5, 0.6) is 0 Å². The normalized spacial score (nSPS) is 11.2. The summed E-state index contributed by atoms with van der Waals surface area (Å²) in [6.45, 7) is 1.18. The van der Waals surface area contributed by atoms with Gasteiger partial charge in [-0.2, -0.15) is 10.2 Å². The van der Waals surface area contributed by atoms with Gasteiger partial charge in [-0.05, 0) is 6.07 Å². The van der Waals surface area contributed by atoms with Crippen LogP contribution in [0.3, 0.4) is 0 Å². The molecule has 1 aromatic carbocycles. The van der Waals surface area contributed by atoms with Crippen molar-refractivity contribution in [2.45, 2.75) is 13.1 Å². The molecular formula is C13H15N5. The van der Waals surface area contributed by atoms with E-state index in [0.29, 0.717) is 13.1 Å². The average molecular weight is 241 g/mol. The summed E-state index contributed by atoms with van der Waals surface area (Å²) in [7, 11) is 1.96. The van der Waals surface area contributed by atoms with Gasteiger partial charge < -0.3 is 5.73 Å². The summed E-state index contributed by atoms with van der Waals surface area (Å²) in [6, 6.07) is 8.21. The lowest BCUT2D eigenvalue weighted by atomic mass is 10.2. The summed E-state index contributed by atoms with van der Waals surface area (Å²) >= 11 is 0. The van der Waals surface area contributed by atoms with Gasteiger partial charge in [0.25, 0.3) is 0 Å². The van der Waals surface area contributed by atoms with Crippen molar-refractivity contribution in [3.05, 3.63) is 47.9 Å². The Bertz CT molecular complexity index is 680. The van der Waals surface area contributed by atoms with Crippen LogP contribution < -0.4 is 5.73 Å². The molecule has 0 bridgehead atoms. The highest BCUT2D eigenvalue weighted by molar-refractivity contribution is 5.81. The maximum Gasteiger partial charge on any atom is 0.0918 e. The Morgan fingerprint density at radius 3 is 2.89 bits per heavy atom. The van der Waals surface area contributed by atoms with Crippen molar-refractivity contribution in [1.82, 2.24) is 19.6 Å². The molecule has 0 amide bonds. The quantitative estimate of drug-likeness (QED) is 0.751. The number of nitrogens with two attached hydrogens (primary N) is 1. The zero-order valence-corrected chi connectivity index (χ0v) is 10.2. The predicted octanol–water partition coefficient (Wildman–Crippen LogP) is 1.28. The van der Waals surface area contributed by atoms with Crippen molar-refractivity contribution in [2.75, 3.05) is 0 Å². The van der Waals surface area contributed by atoms with E-state index in [2.05, 4.69) is 22.3 Å². The third kappa shape index (κ3) is 1.78. The molecule has 2 N–H and O–H groups in total. The van der Waals surface area contributed by atoms with Crippen molar-refractivity contribution in [1.29, 1.82) is 0 Å². The third-order valence-electron chi connectivity index (χ3n) is 3.07. The Morgan fingerprint density at radius 2 is 2.11 bits per heavy atom. The lowest BCUT2D eigenvalue weighted by Gasteiger charge is -1.98. The van der Waals surface area contributed by atoms with E-state index < -0.39 is 0 Å². The standard InChI is InChI=1S/C13H15N5/c1-17-13-5-3-2-4-11(13)12(16-17)9-18-8-10(6-14)7-15-18/h2-5,7-8H,6,9,14H2,1H3. The maximum atomic E-state index is 5.58. The summed E-state index contributed by atoms with van der Waals surface area (Å²) < 4.78 is 3.77. The Labute approximate surface area is 105 Å². The number of para-hydroxylation sites is 1. The van der Waals surface area contributed by atoms with Gasteiger partial charge >= 0.3 is 0 Å². The van der Waals surface area contributed by atoms with Gasteiger partial charge in [-0.15, -0.1) is 0 Å². The zero-order valence-electron chi connectivity index (χ0n) is 10.2. The van der Waals surface area contributed by atoms with Crippen LogP contribution in [-0.2, 0) is 20.1 Å². The number of fused-ring (bicyclic) bond motifs is 1. The molecule has 92 valence electrons. The molecule has 18 heavy (non-hydrogen) atoms. The molecule has 2 heterocycles. The van der Waals surface area contributed by atoms with Crippen molar-refractivity contribution >= 4 is 10.9 Å². The number of benzene rings is 1. The molecule has 0 atom stereocenters. The fourth-order valence-corrected chi connectivity index (χ4v) is 2.16. The molecular weight excluding hydrogens is 226 g/mol. The van der Waals surface area contributed by atoms with Crippen molar-refractivity contribution in [2.24, 2.45) is 12.8 Å². The van der Waals surface area contributed by atoms with Gasteiger partial charge in [0.2, 0.25) is 0 Å². The van der Waals surface area contributed by atoms with E-state index in [4.69, 9.17) is 5.73 Å². The first-order valence-electron chi connectivity index (χ1n) is 5.90. The molecule has 0 radical (unpaired) electrons. The predicted molar refractivity (Wildman–Crippen MR) is 69.9 cm³/mol. The number of hydrogen-bond donors (Lipinski definition) is 1. The Morgan fingerprint density at radius 1 is 1.28 bits per heavy atom. The molecule has 2 aromatic heterocycles. The van der Waals surface area contributed by atoms with E-state index in [1.807, 2.05) is 34.7 Å². The van der Waals surface area contributed by atoms with Crippen LogP contribution in [0.1, 0.15) is 11.3 Å². The molecule has 5 nitrogen and oxygen atoms in total. The van der Waals surface area contributed by atoms with Crippen LogP contribution in [0.15, 0.2) is 36.7 Å². The molecule has 0 fully saturated rings. The van der Waals surface area contributed by atoms with E-state index in [0.717, 1.165) is 16.8 Å². The second-order valence-electron chi connectivity index (χ2n) is 4.34. The molecule has 0 unspecified atom stereocenters.